The predicted molar refractivity (Wildman–Crippen MR) is 104 cm³/mol. The molecule has 1 amide bonds. The van der Waals surface area contributed by atoms with Gasteiger partial charge in [-0.05, 0) is 45.6 Å². The Morgan fingerprint density at radius 3 is 2.56 bits per heavy atom. The lowest BCUT2D eigenvalue weighted by Gasteiger charge is -2.32. The summed E-state index contributed by atoms with van der Waals surface area (Å²) in [6, 6.07) is 4.32. The van der Waals surface area contributed by atoms with Gasteiger partial charge in [-0.15, -0.1) is 0 Å². The van der Waals surface area contributed by atoms with Crippen molar-refractivity contribution in [3.05, 3.63) is 29.7 Å². The van der Waals surface area contributed by atoms with Gasteiger partial charge in [0.1, 0.15) is 0 Å². The van der Waals surface area contributed by atoms with Crippen LogP contribution < -0.4 is 10.2 Å². The fraction of sp³-hybridized carbons (Fsp3) is 0.600. The van der Waals surface area contributed by atoms with Crippen LogP contribution in [-0.2, 0) is 4.79 Å². The normalized spacial score (nSPS) is 18.8. The zero-order valence-corrected chi connectivity index (χ0v) is 16.2. The second-order valence-corrected chi connectivity index (χ2v) is 7.81. The van der Waals surface area contributed by atoms with Gasteiger partial charge < -0.3 is 10.2 Å². The van der Waals surface area contributed by atoms with E-state index < -0.39 is 0 Å². The van der Waals surface area contributed by atoms with Gasteiger partial charge in [-0.1, -0.05) is 12.8 Å². The molecule has 0 spiro atoms. The van der Waals surface area contributed by atoms with Crippen LogP contribution in [0.1, 0.15) is 49.9 Å². The zero-order valence-electron chi connectivity index (χ0n) is 16.2. The summed E-state index contributed by atoms with van der Waals surface area (Å²) in [5, 5.41) is 7.75. The quantitative estimate of drug-likeness (QED) is 0.898. The van der Waals surface area contributed by atoms with Gasteiger partial charge in [0.15, 0.2) is 5.82 Å². The van der Waals surface area contributed by atoms with Crippen molar-refractivity contribution in [3.63, 3.8) is 0 Å². The first-order chi connectivity index (χ1) is 13.1. The standard InChI is InChI=1S/C20H28N6O/c1-14-13-15(2)26(24-14)18-7-10-21-20(23-18)25-11-8-16(9-12-25)19(27)22-17-5-3-4-6-17/h7,10,13,16-17H,3-6,8-9,11-12H2,1-2H3,(H,22,27). The number of hydrogen-bond donors (Lipinski definition) is 1. The Hall–Kier alpha value is -2.44. The van der Waals surface area contributed by atoms with Gasteiger partial charge in [-0.3, -0.25) is 4.79 Å². The molecule has 3 heterocycles. The number of aromatic nitrogens is 4. The van der Waals surface area contributed by atoms with E-state index in [1.54, 1.807) is 6.20 Å². The van der Waals surface area contributed by atoms with E-state index in [0.29, 0.717) is 6.04 Å². The molecule has 1 N–H and O–H groups in total. The number of carbonyl (C=O) groups is 1. The summed E-state index contributed by atoms with van der Waals surface area (Å²) in [5.41, 5.74) is 2.03. The summed E-state index contributed by atoms with van der Waals surface area (Å²) in [6.07, 6.45) is 8.25. The van der Waals surface area contributed by atoms with E-state index in [2.05, 4.69) is 20.3 Å². The maximum atomic E-state index is 12.5. The first-order valence-electron chi connectivity index (χ1n) is 10.0. The lowest BCUT2D eigenvalue weighted by molar-refractivity contribution is -0.126. The van der Waals surface area contributed by atoms with Crippen LogP contribution in [-0.4, -0.2) is 44.8 Å². The van der Waals surface area contributed by atoms with Crippen molar-refractivity contribution in [1.82, 2.24) is 25.1 Å². The Morgan fingerprint density at radius 2 is 1.89 bits per heavy atom. The van der Waals surface area contributed by atoms with Crippen LogP contribution in [0.5, 0.6) is 0 Å². The van der Waals surface area contributed by atoms with Crippen molar-refractivity contribution in [1.29, 1.82) is 0 Å². The fourth-order valence-electron chi connectivity index (χ4n) is 4.20. The molecule has 1 saturated heterocycles. The molecule has 27 heavy (non-hydrogen) atoms. The molecule has 1 aliphatic heterocycles. The average molecular weight is 368 g/mol. The molecule has 144 valence electrons. The van der Waals surface area contributed by atoms with Crippen molar-refractivity contribution >= 4 is 11.9 Å². The van der Waals surface area contributed by atoms with Gasteiger partial charge in [0, 0.05) is 43.0 Å². The summed E-state index contributed by atoms with van der Waals surface area (Å²) in [7, 11) is 0. The first kappa shape index (κ1) is 17.9. The molecule has 2 fully saturated rings. The lowest BCUT2D eigenvalue weighted by Crippen LogP contribution is -2.43. The molecule has 0 bridgehead atoms. The van der Waals surface area contributed by atoms with E-state index in [9.17, 15) is 4.79 Å². The smallest absolute Gasteiger partial charge is 0.227 e. The van der Waals surface area contributed by atoms with Gasteiger partial charge in [-0.25, -0.2) is 9.67 Å². The fourth-order valence-corrected chi connectivity index (χ4v) is 4.20. The van der Waals surface area contributed by atoms with Gasteiger partial charge >= 0.3 is 0 Å². The molecule has 1 saturated carbocycles. The third-order valence-corrected chi connectivity index (χ3v) is 5.70. The Labute approximate surface area is 160 Å². The highest BCUT2D eigenvalue weighted by Crippen LogP contribution is 2.23. The third kappa shape index (κ3) is 3.96. The predicted octanol–water partition coefficient (Wildman–Crippen LogP) is 2.55. The van der Waals surface area contributed by atoms with Gasteiger partial charge in [0.25, 0.3) is 0 Å². The number of piperidine rings is 1. The number of hydrogen-bond acceptors (Lipinski definition) is 5. The lowest BCUT2D eigenvalue weighted by atomic mass is 9.95. The largest absolute Gasteiger partial charge is 0.353 e. The topological polar surface area (TPSA) is 75.9 Å². The van der Waals surface area contributed by atoms with E-state index in [-0.39, 0.29) is 11.8 Å². The molecular weight excluding hydrogens is 340 g/mol. The molecule has 7 nitrogen and oxygen atoms in total. The van der Waals surface area contributed by atoms with Gasteiger partial charge in [0.05, 0.1) is 5.69 Å². The van der Waals surface area contributed by atoms with Crippen LogP contribution >= 0.6 is 0 Å². The van der Waals surface area contributed by atoms with Crippen LogP contribution in [0.25, 0.3) is 5.82 Å². The molecule has 4 rings (SSSR count). The molecule has 7 heteroatoms. The second kappa shape index (κ2) is 7.66. The minimum atomic E-state index is 0.112. The number of rotatable bonds is 4. The molecule has 0 unspecified atom stereocenters. The summed E-state index contributed by atoms with van der Waals surface area (Å²) in [5.74, 6) is 1.85. The Kier molecular flexibility index (Phi) is 5.09. The van der Waals surface area contributed by atoms with Crippen molar-refractivity contribution in [2.45, 2.75) is 58.4 Å². The average Bonchev–Trinajstić information content (AvgIpc) is 3.31. The second-order valence-electron chi connectivity index (χ2n) is 7.81. The van der Waals surface area contributed by atoms with Crippen LogP contribution in [0.15, 0.2) is 18.3 Å². The maximum absolute atomic E-state index is 12.5. The number of carbonyl (C=O) groups excluding carboxylic acids is 1. The highest BCUT2D eigenvalue weighted by Gasteiger charge is 2.28. The Balaban J connectivity index is 1.39. The molecular formula is C20H28N6O. The highest BCUT2D eigenvalue weighted by molar-refractivity contribution is 5.79. The minimum absolute atomic E-state index is 0.112. The molecule has 0 atom stereocenters. The van der Waals surface area contributed by atoms with Crippen molar-refractivity contribution in [2.24, 2.45) is 5.92 Å². The number of nitrogens with one attached hydrogen (secondary N) is 1. The maximum Gasteiger partial charge on any atom is 0.227 e. The number of amides is 1. The van der Waals surface area contributed by atoms with Crippen molar-refractivity contribution in [3.8, 4) is 5.82 Å². The number of aryl methyl sites for hydroxylation is 2. The van der Waals surface area contributed by atoms with Crippen LogP contribution in [0, 0.1) is 19.8 Å². The monoisotopic (exact) mass is 368 g/mol. The molecule has 0 aromatic carbocycles. The molecule has 2 aromatic heterocycles. The van der Waals surface area contributed by atoms with E-state index in [0.717, 1.165) is 61.9 Å². The molecule has 2 aromatic rings. The van der Waals surface area contributed by atoms with E-state index in [1.807, 2.05) is 30.7 Å². The van der Waals surface area contributed by atoms with Crippen molar-refractivity contribution in [2.75, 3.05) is 18.0 Å². The first-order valence-corrected chi connectivity index (χ1v) is 10.0. The molecule has 2 aliphatic rings. The Bertz CT molecular complexity index is 803. The summed E-state index contributed by atoms with van der Waals surface area (Å²) >= 11 is 0. The highest BCUT2D eigenvalue weighted by atomic mass is 16.1. The van der Waals surface area contributed by atoms with E-state index >= 15 is 0 Å². The van der Waals surface area contributed by atoms with Crippen LogP contribution in [0.2, 0.25) is 0 Å². The number of anilines is 1. The summed E-state index contributed by atoms with van der Waals surface area (Å²) < 4.78 is 1.85. The molecule has 1 aliphatic carbocycles. The van der Waals surface area contributed by atoms with Crippen LogP contribution in [0.3, 0.4) is 0 Å². The minimum Gasteiger partial charge on any atom is -0.353 e. The van der Waals surface area contributed by atoms with Gasteiger partial charge in [-0.2, -0.15) is 10.1 Å². The van der Waals surface area contributed by atoms with Gasteiger partial charge in [0.2, 0.25) is 11.9 Å². The number of nitrogens with zero attached hydrogens (tertiary/aromatic N) is 5. The zero-order chi connectivity index (χ0) is 18.8. The summed E-state index contributed by atoms with van der Waals surface area (Å²) in [4.78, 5) is 23.8. The van der Waals surface area contributed by atoms with E-state index in [4.69, 9.17) is 4.98 Å². The SMILES string of the molecule is Cc1cc(C)n(-c2ccnc(N3CCC(C(=O)NC4CCCC4)CC3)n2)n1. The van der Waals surface area contributed by atoms with Crippen LogP contribution in [0.4, 0.5) is 5.95 Å². The third-order valence-electron chi connectivity index (χ3n) is 5.70. The molecule has 0 radical (unpaired) electrons. The van der Waals surface area contributed by atoms with Crippen molar-refractivity contribution < 1.29 is 4.79 Å². The summed E-state index contributed by atoms with van der Waals surface area (Å²) in [6.45, 7) is 5.62. The Morgan fingerprint density at radius 1 is 1.15 bits per heavy atom. The van der Waals surface area contributed by atoms with E-state index in [1.165, 1.54) is 12.8 Å².